The molecule has 2 nitrogen and oxygen atoms in total. The highest BCUT2D eigenvalue weighted by molar-refractivity contribution is 5.94. The third-order valence-corrected chi connectivity index (χ3v) is 3.86. The van der Waals surface area contributed by atoms with Crippen LogP contribution in [0.1, 0.15) is 48.5 Å². The van der Waals surface area contributed by atoms with E-state index in [1.807, 2.05) is 0 Å². The maximum atomic E-state index is 13.4. The molecule has 3 heteroatoms. The van der Waals surface area contributed by atoms with Crippen molar-refractivity contribution < 1.29 is 9.18 Å². The number of amides is 1. The number of benzene rings is 1. The molecule has 1 aliphatic rings. The molecule has 1 fully saturated rings. The maximum absolute atomic E-state index is 13.4. The molecular formula is C15H20FNO. The van der Waals surface area contributed by atoms with Gasteiger partial charge in [-0.05, 0) is 43.4 Å². The van der Waals surface area contributed by atoms with Gasteiger partial charge in [-0.15, -0.1) is 0 Å². The first kappa shape index (κ1) is 13.1. The van der Waals surface area contributed by atoms with Gasteiger partial charge in [-0.2, -0.15) is 0 Å². The Bertz CT molecular complexity index is 444. The maximum Gasteiger partial charge on any atom is 0.251 e. The standard InChI is InChI=1S/C15H20FNO/c1-10-7-8-12(9-13(10)16)15(18)17-14-6-4-3-5-11(14)2/h7-9,11,14H,3-6H2,1-2H3,(H,17,18)/t11-,14-/m1/s1. The summed E-state index contributed by atoms with van der Waals surface area (Å²) < 4.78 is 13.4. The van der Waals surface area contributed by atoms with Gasteiger partial charge in [0.25, 0.3) is 5.91 Å². The van der Waals surface area contributed by atoms with Crippen LogP contribution in [0.25, 0.3) is 0 Å². The smallest absolute Gasteiger partial charge is 0.251 e. The number of hydrogen-bond acceptors (Lipinski definition) is 1. The van der Waals surface area contributed by atoms with Crippen molar-refractivity contribution in [3.8, 4) is 0 Å². The van der Waals surface area contributed by atoms with E-state index in [-0.39, 0.29) is 17.8 Å². The van der Waals surface area contributed by atoms with Gasteiger partial charge in [0.05, 0.1) is 0 Å². The summed E-state index contributed by atoms with van der Waals surface area (Å²) in [6.45, 7) is 3.86. The first-order valence-electron chi connectivity index (χ1n) is 6.65. The van der Waals surface area contributed by atoms with Crippen molar-refractivity contribution in [3.63, 3.8) is 0 Å². The zero-order chi connectivity index (χ0) is 13.1. The molecule has 18 heavy (non-hydrogen) atoms. The van der Waals surface area contributed by atoms with E-state index in [0.29, 0.717) is 17.0 Å². The van der Waals surface area contributed by atoms with Gasteiger partial charge in [-0.3, -0.25) is 4.79 Å². The van der Waals surface area contributed by atoms with Crippen LogP contribution in [-0.4, -0.2) is 11.9 Å². The lowest BCUT2D eigenvalue weighted by Crippen LogP contribution is -2.41. The van der Waals surface area contributed by atoms with Crippen molar-refractivity contribution in [1.29, 1.82) is 0 Å². The molecule has 0 radical (unpaired) electrons. The zero-order valence-electron chi connectivity index (χ0n) is 11.0. The Morgan fingerprint density at radius 1 is 1.33 bits per heavy atom. The molecule has 1 amide bonds. The molecule has 0 saturated heterocycles. The molecule has 98 valence electrons. The molecule has 2 atom stereocenters. The van der Waals surface area contributed by atoms with Gasteiger partial charge in [0, 0.05) is 11.6 Å². The van der Waals surface area contributed by atoms with E-state index >= 15 is 0 Å². The molecular weight excluding hydrogens is 229 g/mol. The van der Waals surface area contributed by atoms with Crippen LogP contribution in [0.2, 0.25) is 0 Å². The molecule has 1 aromatic rings. The van der Waals surface area contributed by atoms with Gasteiger partial charge in [0.1, 0.15) is 5.82 Å². The van der Waals surface area contributed by atoms with E-state index in [9.17, 15) is 9.18 Å². The Kier molecular flexibility index (Phi) is 4.00. The first-order valence-corrected chi connectivity index (χ1v) is 6.65. The Morgan fingerprint density at radius 2 is 2.06 bits per heavy atom. The second-order valence-electron chi connectivity index (χ2n) is 5.31. The Balaban J connectivity index is 2.04. The monoisotopic (exact) mass is 249 g/mol. The van der Waals surface area contributed by atoms with Crippen LogP contribution in [-0.2, 0) is 0 Å². The van der Waals surface area contributed by atoms with Crippen LogP contribution in [0, 0.1) is 18.7 Å². The van der Waals surface area contributed by atoms with Crippen molar-refractivity contribution >= 4 is 5.91 Å². The van der Waals surface area contributed by atoms with Gasteiger partial charge in [-0.25, -0.2) is 4.39 Å². The normalized spacial score (nSPS) is 23.7. The van der Waals surface area contributed by atoms with E-state index in [1.165, 1.54) is 12.5 Å². The summed E-state index contributed by atoms with van der Waals surface area (Å²) in [7, 11) is 0. The van der Waals surface area contributed by atoms with Crippen LogP contribution in [0.3, 0.4) is 0 Å². The van der Waals surface area contributed by atoms with E-state index < -0.39 is 0 Å². The Labute approximate surface area is 108 Å². The molecule has 0 unspecified atom stereocenters. The fraction of sp³-hybridized carbons (Fsp3) is 0.533. The second kappa shape index (κ2) is 5.51. The summed E-state index contributed by atoms with van der Waals surface area (Å²) in [6.07, 6.45) is 4.60. The van der Waals surface area contributed by atoms with Crippen LogP contribution in [0.15, 0.2) is 18.2 Å². The first-order chi connectivity index (χ1) is 8.58. The number of rotatable bonds is 2. The van der Waals surface area contributed by atoms with Gasteiger partial charge in [-0.1, -0.05) is 25.8 Å². The zero-order valence-corrected chi connectivity index (χ0v) is 11.0. The average Bonchev–Trinajstić information content (AvgIpc) is 2.35. The third-order valence-electron chi connectivity index (χ3n) is 3.86. The lowest BCUT2D eigenvalue weighted by molar-refractivity contribution is 0.0910. The molecule has 1 aliphatic carbocycles. The minimum absolute atomic E-state index is 0.160. The van der Waals surface area contributed by atoms with Crippen molar-refractivity contribution in [2.24, 2.45) is 5.92 Å². The van der Waals surface area contributed by atoms with Gasteiger partial charge < -0.3 is 5.32 Å². The summed E-state index contributed by atoms with van der Waals surface area (Å²) >= 11 is 0. The summed E-state index contributed by atoms with van der Waals surface area (Å²) in [5, 5.41) is 3.03. The van der Waals surface area contributed by atoms with Crippen LogP contribution in [0.5, 0.6) is 0 Å². The summed E-state index contributed by atoms with van der Waals surface area (Å²) in [5.74, 6) is 0.0324. The lowest BCUT2D eigenvalue weighted by atomic mass is 9.86. The molecule has 1 saturated carbocycles. The fourth-order valence-corrected chi connectivity index (χ4v) is 2.52. The molecule has 0 bridgehead atoms. The SMILES string of the molecule is Cc1ccc(C(=O)N[C@@H]2CCCC[C@H]2C)cc1F. The van der Waals surface area contributed by atoms with Crippen LogP contribution in [0.4, 0.5) is 4.39 Å². The topological polar surface area (TPSA) is 29.1 Å². The molecule has 0 heterocycles. The highest BCUT2D eigenvalue weighted by atomic mass is 19.1. The quantitative estimate of drug-likeness (QED) is 0.854. The fourth-order valence-electron chi connectivity index (χ4n) is 2.52. The molecule has 1 aromatic carbocycles. The van der Waals surface area contributed by atoms with Gasteiger partial charge >= 0.3 is 0 Å². The average molecular weight is 249 g/mol. The van der Waals surface area contributed by atoms with Crippen LogP contribution >= 0.6 is 0 Å². The molecule has 2 rings (SSSR count). The van der Waals surface area contributed by atoms with E-state index in [0.717, 1.165) is 19.3 Å². The Morgan fingerprint density at radius 3 is 2.72 bits per heavy atom. The van der Waals surface area contributed by atoms with Crippen molar-refractivity contribution in [2.45, 2.75) is 45.6 Å². The molecule has 0 spiro atoms. The minimum atomic E-state index is -0.320. The number of hydrogen-bond donors (Lipinski definition) is 1. The van der Waals surface area contributed by atoms with Crippen molar-refractivity contribution in [1.82, 2.24) is 5.32 Å². The molecule has 1 N–H and O–H groups in total. The summed E-state index contributed by atoms with van der Waals surface area (Å²) in [4.78, 5) is 12.0. The summed E-state index contributed by atoms with van der Waals surface area (Å²) in [5.41, 5.74) is 0.980. The second-order valence-corrected chi connectivity index (χ2v) is 5.31. The minimum Gasteiger partial charge on any atom is -0.349 e. The number of aryl methyl sites for hydroxylation is 1. The van der Waals surface area contributed by atoms with Crippen molar-refractivity contribution in [2.75, 3.05) is 0 Å². The van der Waals surface area contributed by atoms with E-state index in [2.05, 4.69) is 12.2 Å². The van der Waals surface area contributed by atoms with Crippen LogP contribution < -0.4 is 5.32 Å². The highest BCUT2D eigenvalue weighted by Gasteiger charge is 2.23. The van der Waals surface area contributed by atoms with Gasteiger partial charge in [0.2, 0.25) is 0 Å². The predicted molar refractivity (Wildman–Crippen MR) is 70.0 cm³/mol. The number of halogens is 1. The largest absolute Gasteiger partial charge is 0.349 e. The predicted octanol–water partition coefficient (Wildman–Crippen LogP) is 3.44. The van der Waals surface area contributed by atoms with Crippen molar-refractivity contribution in [3.05, 3.63) is 35.1 Å². The molecule has 0 aromatic heterocycles. The Hall–Kier alpha value is -1.38. The lowest BCUT2D eigenvalue weighted by Gasteiger charge is -2.29. The third kappa shape index (κ3) is 2.89. The van der Waals surface area contributed by atoms with Gasteiger partial charge in [0.15, 0.2) is 0 Å². The number of carbonyl (C=O) groups excluding carboxylic acids is 1. The van der Waals surface area contributed by atoms with E-state index in [1.54, 1.807) is 19.1 Å². The number of carbonyl (C=O) groups is 1. The summed E-state index contributed by atoms with van der Waals surface area (Å²) in [6, 6.07) is 4.88. The molecule has 0 aliphatic heterocycles. The van der Waals surface area contributed by atoms with E-state index in [4.69, 9.17) is 0 Å². The number of nitrogens with one attached hydrogen (secondary N) is 1. The highest BCUT2D eigenvalue weighted by Crippen LogP contribution is 2.24.